The number of carbonyl (C=O) groups excluding carboxylic acids is 1. The summed E-state index contributed by atoms with van der Waals surface area (Å²) in [5, 5.41) is 0. The number of carbonyl (C=O) groups is 1. The van der Waals surface area contributed by atoms with Crippen molar-refractivity contribution in [1.29, 1.82) is 0 Å². The van der Waals surface area contributed by atoms with Crippen LogP contribution in [0.5, 0.6) is 17.2 Å². The molecule has 2 N–H and O–H groups in total. The average molecular weight is 374 g/mol. The quantitative estimate of drug-likeness (QED) is 0.772. The molecule has 25 heavy (non-hydrogen) atoms. The van der Waals surface area contributed by atoms with E-state index in [-0.39, 0.29) is 18.3 Å². The van der Waals surface area contributed by atoms with E-state index < -0.39 is 0 Å². The smallest absolute Gasteiger partial charge is 0.223 e. The summed E-state index contributed by atoms with van der Waals surface area (Å²) in [6.07, 6.45) is 0.423. The van der Waals surface area contributed by atoms with Crippen LogP contribution in [0.25, 0.3) is 0 Å². The van der Waals surface area contributed by atoms with Crippen LogP contribution in [0, 0.1) is 0 Å². The van der Waals surface area contributed by atoms with Gasteiger partial charge in [-0.1, -0.05) is 0 Å². The first-order valence-electron chi connectivity index (χ1n) is 8.12. The summed E-state index contributed by atoms with van der Waals surface area (Å²) >= 11 is 0. The van der Waals surface area contributed by atoms with Crippen molar-refractivity contribution in [2.75, 3.05) is 54.1 Å². The van der Waals surface area contributed by atoms with E-state index in [1.807, 2.05) is 17.0 Å². The molecule has 2 rings (SSSR count). The highest BCUT2D eigenvalue weighted by atomic mass is 35.5. The molecule has 1 saturated heterocycles. The van der Waals surface area contributed by atoms with Crippen molar-refractivity contribution in [3.8, 4) is 17.2 Å². The monoisotopic (exact) mass is 373 g/mol. The van der Waals surface area contributed by atoms with E-state index in [2.05, 4.69) is 4.90 Å². The van der Waals surface area contributed by atoms with Crippen LogP contribution in [-0.2, 0) is 11.3 Å². The standard InChI is InChI=1S/C17H27N3O4.ClH/c1-22-14-10-13(11-15(23-2)17(14)24-3)12-19-6-8-20(9-7-19)16(21)4-5-18;/h10-11H,4-9,12,18H2,1-3H3;1H. The first kappa shape index (κ1) is 21.3. The first-order chi connectivity index (χ1) is 11.6. The van der Waals surface area contributed by atoms with E-state index in [4.69, 9.17) is 19.9 Å². The van der Waals surface area contributed by atoms with Gasteiger partial charge in [0, 0.05) is 45.7 Å². The van der Waals surface area contributed by atoms with Gasteiger partial charge in [-0.2, -0.15) is 0 Å². The van der Waals surface area contributed by atoms with Gasteiger partial charge in [0.15, 0.2) is 11.5 Å². The number of amides is 1. The number of hydrogen-bond donors (Lipinski definition) is 1. The van der Waals surface area contributed by atoms with Crippen LogP contribution < -0.4 is 19.9 Å². The molecule has 8 heteroatoms. The third kappa shape index (κ3) is 5.39. The Bertz CT molecular complexity index is 538. The van der Waals surface area contributed by atoms with E-state index in [1.54, 1.807) is 21.3 Å². The fraction of sp³-hybridized carbons (Fsp3) is 0.588. The second-order valence-electron chi connectivity index (χ2n) is 5.73. The molecular formula is C17H28ClN3O4. The Labute approximate surface area is 155 Å². The minimum absolute atomic E-state index is 0. The Kier molecular flexibility index (Phi) is 8.82. The second-order valence-corrected chi connectivity index (χ2v) is 5.73. The number of hydrogen-bond acceptors (Lipinski definition) is 6. The number of nitrogens with two attached hydrogens (primary N) is 1. The van der Waals surface area contributed by atoms with Crippen LogP contribution in [-0.4, -0.2) is 69.8 Å². The Balaban J connectivity index is 0.00000312. The van der Waals surface area contributed by atoms with Gasteiger partial charge in [-0.05, 0) is 17.7 Å². The lowest BCUT2D eigenvalue weighted by molar-refractivity contribution is -0.132. The van der Waals surface area contributed by atoms with Crippen LogP contribution in [0.15, 0.2) is 12.1 Å². The van der Waals surface area contributed by atoms with E-state index in [1.165, 1.54) is 0 Å². The van der Waals surface area contributed by atoms with Gasteiger partial charge in [0.1, 0.15) is 0 Å². The Morgan fingerprint density at radius 1 is 1.04 bits per heavy atom. The molecule has 7 nitrogen and oxygen atoms in total. The number of nitrogens with zero attached hydrogens (tertiary/aromatic N) is 2. The summed E-state index contributed by atoms with van der Waals surface area (Å²) in [7, 11) is 4.82. The molecule has 0 radical (unpaired) electrons. The van der Waals surface area contributed by atoms with Crippen LogP contribution in [0.1, 0.15) is 12.0 Å². The molecular weight excluding hydrogens is 346 g/mol. The fourth-order valence-electron chi connectivity index (χ4n) is 2.92. The molecule has 1 aliphatic heterocycles. The Hall–Kier alpha value is -1.70. The molecule has 142 valence electrons. The summed E-state index contributed by atoms with van der Waals surface area (Å²) in [5.41, 5.74) is 6.54. The van der Waals surface area contributed by atoms with E-state index in [0.29, 0.717) is 30.2 Å². The molecule has 1 amide bonds. The summed E-state index contributed by atoms with van der Waals surface area (Å²) in [6.45, 7) is 4.34. The molecule has 1 aromatic rings. The van der Waals surface area contributed by atoms with Crippen molar-refractivity contribution in [3.05, 3.63) is 17.7 Å². The minimum atomic E-state index is 0. The predicted octanol–water partition coefficient (Wildman–Crippen LogP) is 1.13. The zero-order valence-corrected chi connectivity index (χ0v) is 15.9. The molecule has 0 spiro atoms. The maximum atomic E-state index is 11.9. The van der Waals surface area contributed by atoms with Gasteiger partial charge in [-0.3, -0.25) is 9.69 Å². The average Bonchev–Trinajstić information content (AvgIpc) is 2.61. The largest absolute Gasteiger partial charge is 0.493 e. The zero-order chi connectivity index (χ0) is 17.5. The highest BCUT2D eigenvalue weighted by Gasteiger charge is 2.21. The van der Waals surface area contributed by atoms with Gasteiger partial charge < -0.3 is 24.8 Å². The van der Waals surface area contributed by atoms with Gasteiger partial charge in [0.2, 0.25) is 11.7 Å². The lowest BCUT2D eigenvalue weighted by Crippen LogP contribution is -2.48. The number of ether oxygens (including phenoxy) is 3. The maximum Gasteiger partial charge on any atom is 0.223 e. The van der Waals surface area contributed by atoms with Crippen molar-refractivity contribution in [3.63, 3.8) is 0 Å². The molecule has 0 saturated carbocycles. The van der Waals surface area contributed by atoms with Gasteiger partial charge in [-0.25, -0.2) is 0 Å². The number of rotatable bonds is 7. The third-order valence-corrected chi connectivity index (χ3v) is 4.21. The second kappa shape index (κ2) is 10.3. The van der Waals surface area contributed by atoms with Crippen LogP contribution >= 0.6 is 12.4 Å². The van der Waals surface area contributed by atoms with Gasteiger partial charge >= 0.3 is 0 Å². The van der Waals surface area contributed by atoms with Gasteiger partial charge in [0.25, 0.3) is 0 Å². The predicted molar refractivity (Wildman–Crippen MR) is 98.9 cm³/mol. The first-order valence-corrected chi connectivity index (χ1v) is 8.12. The number of piperazine rings is 1. The molecule has 1 aromatic carbocycles. The minimum Gasteiger partial charge on any atom is -0.493 e. The molecule has 0 aromatic heterocycles. The molecule has 0 atom stereocenters. The van der Waals surface area contributed by atoms with Crippen molar-refractivity contribution < 1.29 is 19.0 Å². The van der Waals surface area contributed by atoms with Crippen molar-refractivity contribution in [1.82, 2.24) is 9.80 Å². The molecule has 0 aliphatic carbocycles. The Morgan fingerprint density at radius 2 is 1.60 bits per heavy atom. The molecule has 0 unspecified atom stereocenters. The maximum absolute atomic E-state index is 11.9. The van der Waals surface area contributed by atoms with Gasteiger partial charge in [-0.15, -0.1) is 12.4 Å². The third-order valence-electron chi connectivity index (χ3n) is 4.21. The van der Waals surface area contributed by atoms with Crippen molar-refractivity contribution >= 4 is 18.3 Å². The van der Waals surface area contributed by atoms with E-state index >= 15 is 0 Å². The summed E-state index contributed by atoms with van der Waals surface area (Å²) in [5.74, 6) is 2.05. The lowest BCUT2D eigenvalue weighted by Gasteiger charge is -2.35. The molecule has 1 aliphatic rings. The number of halogens is 1. The number of methoxy groups -OCH3 is 3. The van der Waals surface area contributed by atoms with Crippen LogP contribution in [0.3, 0.4) is 0 Å². The highest BCUT2D eigenvalue weighted by Crippen LogP contribution is 2.38. The van der Waals surface area contributed by atoms with Crippen molar-refractivity contribution in [2.45, 2.75) is 13.0 Å². The molecule has 1 fully saturated rings. The summed E-state index contributed by atoms with van der Waals surface area (Å²) < 4.78 is 16.1. The molecule has 0 bridgehead atoms. The summed E-state index contributed by atoms with van der Waals surface area (Å²) in [4.78, 5) is 16.1. The van der Waals surface area contributed by atoms with Crippen LogP contribution in [0.2, 0.25) is 0 Å². The fourth-order valence-corrected chi connectivity index (χ4v) is 2.92. The van der Waals surface area contributed by atoms with Gasteiger partial charge in [0.05, 0.1) is 21.3 Å². The van der Waals surface area contributed by atoms with Crippen molar-refractivity contribution in [2.24, 2.45) is 5.73 Å². The summed E-state index contributed by atoms with van der Waals surface area (Å²) in [6, 6.07) is 3.93. The van der Waals surface area contributed by atoms with Crippen LogP contribution in [0.4, 0.5) is 0 Å². The molecule has 1 heterocycles. The van der Waals surface area contributed by atoms with E-state index in [0.717, 1.165) is 38.3 Å². The van der Waals surface area contributed by atoms with E-state index in [9.17, 15) is 4.79 Å². The highest BCUT2D eigenvalue weighted by molar-refractivity contribution is 5.85. The number of benzene rings is 1. The topological polar surface area (TPSA) is 77.3 Å². The normalized spacial score (nSPS) is 14.6. The Morgan fingerprint density at radius 3 is 2.04 bits per heavy atom. The lowest BCUT2D eigenvalue weighted by atomic mass is 10.1. The SMILES string of the molecule is COc1cc(CN2CCN(C(=O)CCN)CC2)cc(OC)c1OC.Cl. The zero-order valence-electron chi connectivity index (χ0n) is 15.1.